The van der Waals surface area contributed by atoms with Crippen LogP contribution in [0.2, 0.25) is 0 Å². The number of fused-ring (bicyclic) bond motifs is 2. The number of aryl methyl sites for hydroxylation is 1. The minimum atomic E-state index is -0.506. The van der Waals surface area contributed by atoms with Gasteiger partial charge >= 0.3 is 0 Å². The highest BCUT2D eigenvalue weighted by molar-refractivity contribution is 5.99. The van der Waals surface area contributed by atoms with Gasteiger partial charge < -0.3 is 9.88 Å². The summed E-state index contributed by atoms with van der Waals surface area (Å²) in [5.74, 6) is 0.329. The summed E-state index contributed by atoms with van der Waals surface area (Å²) < 4.78 is 2.00. The van der Waals surface area contributed by atoms with Crippen molar-refractivity contribution in [3.05, 3.63) is 18.7 Å². The van der Waals surface area contributed by atoms with Crippen LogP contribution in [0.15, 0.2) is 18.7 Å². The number of rotatable bonds is 5. The van der Waals surface area contributed by atoms with Crippen LogP contribution in [0.25, 0.3) is 0 Å². The lowest BCUT2D eigenvalue weighted by molar-refractivity contribution is -0.136. The Morgan fingerprint density at radius 2 is 2.14 bits per heavy atom. The van der Waals surface area contributed by atoms with E-state index in [0.29, 0.717) is 13.0 Å². The molecule has 0 saturated heterocycles. The van der Waals surface area contributed by atoms with Gasteiger partial charge in [0.1, 0.15) is 5.78 Å². The summed E-state index contributed by atoms with van der Waals surface area (Å²) in [5.41, 5.74) is -1.10. The Balaban J connectivity index is 1.61. The number of ketones is 1. The summed E-state index contributed by atoms with van der Waals surface area (Å²) in [6.07, 6.45) is 8.39. The molecule has 1 aromatic rings. The predicted octanol–water partition coefficient (Wildman–Crippen LogP) is 2.17. The maximum atomic E-state index is 12.8. The molecule has 1 amide bonds. The Kier molecular flexibility index (Phi) is 3.42. The third-order valence-corrected chi connectivity index (χ3v) is 6.58. The molecule has 120 valence electrons. The first-order valence-electron chi connectivity index (χ1n) is 8.11. The smallest absolute Gasteiger partial charge is 0.227 e. The van der Waals surface area contributed by atoms with Crippen LogP contribution in [0.4, 0.5) is 0 Å². The van der Waals surface area contributed by atoms with Crippen molar-refractivity contribution in [2.45, 2.75) is 53.0 Å². The van der Waals surface area contributed by atoms with E-state index in [1.165, 1.54) is 0 Å². The van der Waals surface area contributed by atoms with E-state index >= 15 is 0 Å². The zero-order valence-corrected chi connectivity index (χ0v) is 13.7. The standard InChI is InChI=1S/C17H25N3O2/c1-15(2)16(3)5-6-17(15,11-13(16)21)14(22)19-7-4-9-20-10-8-18-12-20/h8,10,12H,4-7,9,11H2,1-3H3,(H,19,22). The average Bonchev–Trinajstić information content (AvgIpc) is 3.08. The third-order valence-electron chi connectivity index (χ3n) is 6.58. The number of amides is 1. The lowest BCUT2D eigenvalue weighted by Gasteiger charge is -2.38. The van der Waals surface area contributed by atoms with Crippen LogP contribution in [0, 0.1) is 16.2 Å². The zero-order valence-electron chi connectivity index (χ0n) is 13.7. The van der Waals surface area contributed by atoms with Crippen LogP contribution in [0.1, 0.15) is 46.5 Å². The summed E-state index contributed by atoms with van der Waals surface area (Å²) in [5, 5.41) is 3.07. The van der Waals surface area contributed by atoms with E-state index in [-0.39, 0.29) is 22.5 Å². The van der Waals surface area contributed by atoms with Gasteiger partial charge in [-0.05, 0) is 24.7 Å². The van der Waals surface area contributed by atoms with Crippen LogP contribution in [0.5, 0.6) is 0 Å². The van der Waals surface area contributed by atoms with Gasteiger partial charge in [0.15, 0.2) is 0 Å². The highest BCUT2D eigenvalue weighted by Crippen LogP contribution is 2.70. The Labute approximate surface area is 131 Å². The fourth-order valence-corrected chi connectivity index (χ4v) is 4.41. The van der Waals surface area contributed by atoms with E-state index in [2.05, 4.69) is 24.1 Å². The molecule has 0 aromatic carbocycles. The molecule has 2 aliphatic carbocycles. The highest BCUT2D eigenvalue weighted by Gasteiger charge is 2.72. The lowest BCUT2D eigenvalue weighted by Crippen LogP contribution is -2.47. The number of hydrogen-bond acceptors (Lipinski definition) is 3. The van der Waals surface area contributed by atoms with Crippen molar-refractivity contribution < 1.29 is 9.59 Å². The van der Waals surface area contributed by atoms with E-state index in [1.54, 1.807) is 12.5 Å². The maximum Gasteiger partial charge on any atom is 0.227 e. The Morgan fingerprint density at radius 3 is 2.68 bits per heavy atom. The number of carbonyl (C=O) groups is 2. The predicted molar refractivity (Wildman–Crippen MR) is 83.0 cm³/mol. The summed E-state index contributed by atoms with van der Waals surface area (Å²) >= 11 is 0. The number of Topliss-reactive ketones (excluding diaryl/α,β-unsaturated/α-hetero) is 1. The second-order valence-corrected chi connectivity index (χ2v) is 7.55. The van der Waals surface area contributed by atoms with Crippen molar-refractivity contribution in [3.8, 4) is 0 Å². The summed E-state index contributed by atoms with van der Waals surface area (Å²) in [6.45, 7) is 7.70. The van der Waals surface area contributed by atoms with Crippen LogP contribution in [0.3, 0.4) is 0 Å². The molecule has 1 N–H and O–H groups in total. The minimum absolute atomic E-state index is 0.0673. The van der Waals surface area contributed by atoms with E-state index in [1.807, 2.05) is 17.7 Å². The fourth-order valence-electron chi connectivity index (χ4n) is 4.41. The van der Waals surface area contributed by atoms with Crippen molar-refractivity contribution in [2.24, 2.45) is 16.2 Å². The van der Waals surface area contributed by atoms with Crippen LogP contribution in [-0.2, 0) is 16.1 Å². The number of imidazole rings is 1. The molecular formula is C17H25N3O2. The SMILES string of the molecule is CC12CCC(C(=O)NCCCn3ccnc3)(CC1=O)C2(C)C. The summed E-state index contributed by atoms with van der Waals surface area (Å²) in [7, 11) is 0. The first kappa shape index (κ1) is 15.3. The molecule has 5 nitrogen and oxygen atoms in total. The van der Waals surface area contributed by atoms with Gasteiger partial charge in [0.25, 0.3) is 0 Å². The second kappa shape index (κ2) is 4.93. The van der Waals surface area contributed by atoms with Gasteiger partial charge in [0, 0.05) is 37.3 Å². The first-order valence-corrected chi connectivity index (χ1v) is 8.11. The molecule has 0 radical (unpaired) electrons. The van der Waals surface area contributed by atoms with Crippen molar-refractivity contribution in [2.75, 3.05) is 6.54 Å². The van der Waals surface area contributed by atoms with Crippen LogP contribution >= 0.6 is 0 Å². The Hall–Kier alpha value is -1.65. The van der Waals surface area contributed by atoms with E-state index < -0.39 is 5.41 Å². The number of nitrogens with zero attached hydrogens (tertiary/aromatic N) is 2. The van der Waals surface area contributed by atoms with Gasteiger partial charge in [0.05, 0.1) is 11.7 Å². The van der Waals surface area contributed by atoms with Crippen molar-refractivity contribution in [1.82, 2.24) is 14.9 Å². The second-order valence-electron chi connectivity index (χ2n) is 7.55. The number of aromatic nitrogens is 2. The normalized spacial score (nSPS) is 32.4. The molecule has 5 heteroatoms. The lowest BCUT2D eigenvalue weighted by atomic mass is 9.64. The quantitative estimate of drug-likeness (QED) is 0.848. The van der Waals surface area contributed by atoms with Gasteiger partial charge in [-0.25, -0.2) is 4.98 Å². The van der Waals surface area contributed by atoms with Crippen LogP contribution < -0.4 is 5.32 Å². The number of hydrogen-bond donors (Lipinski definition) is 1. The van der Waals surface area contributed by atoms with Gasteiger partial charge in [-0.1, -0.05) is 20.8 Å². The Morgan fingerprint density at radius 1 is 1.36 bits per heavy atom. The van der Waals surface area contributed by atoms with Crippen molar-refractivity contribution >= 4 is 11.7 Å². The summed E-state index contributed by atoms with van der Waals surface area (Å²) in [6, 6.07) is 0. The minimum Gasteiger partial charge on any atom is -0.356 e. The fraction of sp³-hybridized carbons (Fsp3) is 0.706. The zero-order chi connectivity index (χ0) is 16.0. The first-order chi connectivity index (χ1) is 10.3. The molecule has 2 atom stereocenters. The highest BCUT2D eigenvalue weighted by atomic mass is 16.2. The van der Waals surface area contributed by atoms with Gasteiger partial charge in [-0.3, -0.25) is 9.59 Å². The molecule has 2 aliphatic rings. The van der Waals surface area contributed by atoms with Gasteiger partial charge in [0.2, 0.25) is 5.91 Å². The molecule has 3 rings (SSSR count). The molecule has 2 bridgehead atoms. The third kappa shape index (κ3) is 1.87. The molecule has 1 heterocycles. The molecule has 2 saturated carbocycles. The molecule has 22 heavy (non-hydrogen) atoms. The van der Waals surface area contributed by atoms with Crippen molar-refractivity contribution in [1.29, 1.82) is 0 Å². The molecule has 1 aromatic heterocycles. The largest absolute Gasteiger partial charge is 0.356 e. The molecule has 0 aliphatic heterocycles. The van der Waals surface area contributed by atoms with E-state index in [0.717, 1.165) is 25.8 Å². The topological polar surface area (TPSA) is 64.0 Å². The summed E-state index contributed by atoms with van der Waals surface area (Å²) in [4.78, 5) is 29.2. The molecular weight excluding hydrogens is 278 g/mol. The van der Waals surface area contributed by atoms with Crippen LogP contribution in [-0.4, -0.2) is 27.8 Å². The Bertz CT molecular complexity index is 593. The number of nitrogens with one attached hydrogen (secondary N) is 1. The molecule has 2 fully saturated rings. The van der Waals surface area contributed by atoms with E-state index in [4.69, 9.17) is 0 Å². The van der Waals surface area contributed by atoms with Crippen molar-refractivity contribution in [3.63, 3.8) is 0 Å². The molecule has 0 spiro atoms. The number of carbonyl (C=O) groups excluding carboxylic acids is 2. The average molecular weight is 303 g/mol. The molecule has 2 unspecified atom stereocenters. The van der Waals surface area contributed by atoms with Gasteiger partial charge in [-0.2, -0.15) is 0 Å². The van der Waals surface area contributed by atoms with E-state index in [9.17, 15) is 9.59 Å². The maximum absolute atomic E-state index is 12.8. The van der Waals surface area contributed by atoms with Gasteiger partial charge in [-0.15, -0.1) is 0 Å². The monoisotopic (exact) mass is 303 g/mol.